The second-order valence-corrected chi connectivity index (χ2v) is 7.69. The lowest BCUT2D eigenvalue weighted by Gasteiger charge is -2.17. The van der Waals surface area contributed by atoms with Crippen molar-refractivity contribution in [3.8, 4) is 0 Å². The number of amides is 1. The Hall–Kier alpha value is -1.89. The highest BCUT2D eigenvalue weighted by Gasteiger charge is 2.19. The largest absolute Gasteiger partial charge is 0.345 e. The van der Waals surface area contributed by atoms with Crippen molar-refractivity contribution in [1.29, 1.82) is 0 Å². The lowest BCUT2D eigenvalue weighted by Crippen LogP contribution is -2.28. The van der Waals surface area contributed by atoms with Gasteiger partial charge in [-0.05, 0) is 50.2 Å². The van der Waals surface area contributed by atoms with Crippen molar-refractivity contribution in [2.24, 2.45) is 0 Å². The van der Waals surface area contributed by atoms with Gasteiger partial charge in [0.15, 0.2) is 0 Å². The summed E-state index contributed by atoms with van der Waals surface area (Å²) in [6, 6.07) is 11.5. The molecular formula is C17H19ClN2O3S. The van der Waals surface area contributed by atoms with E-state index in [0.29, 0.717) is 0 Å². The average Bonchev–Trinajstić information content (AvgIpc) is 2.55. The van der Waals surface area contributed by atoms with Crippen LogP contribution in [-0.4, -0.2) is 21.4 Å². The van der Waals surface area contributed by atoms with Crippen molar-refractivity contribution in [2.45, 2.75) is 24.8 Å². The monoisotopic (exact) mass is 366 g/mol. The molecule has 1 amide bonds. The first-order valence-corrected chi connectivity index (χ1v) is 9.22. The van der Waals surface area contributed by atoms with E-state index in [0.717, 1.165) is 11.1 Å². The Bertz CT molecular complexity index is 866. The van der Waals surface area contributed by atoms with E-state index in [1.165, 1.54) is 25.2 Å². The molecule has 24 heavy (non-hydrogen) atoms. The van der Waals surface area contributed by atoms with Gasteiger partial charge in [0.2, 0.25) is 10.0 Å². The van der Waals surface area contributed by atoms with E-state index in [-0.39, 0.29) is 21.5 Å². The van der Waals surface area contributed by atoms with Gasteiger partial charge in [0.05, 0.1) is 21.5 Å². The zero-order chi connectivity index (χ0) is 17.9. The summed E-state index contributed by atoms with van der Waals surface area (Å²) >= 11 is 6.07. The fourth-order valence-electron chi connectivity index (χ4n) is 2.39. The molecule has 0 fully saturated rings. The average molecular weight is 367 g/mol. The molecule has 0 saturated carbocycles. The second kappa shape index (κ2) is 7.34. The molecule has 0 spiro atoms. The molecule has 5 nitrogen and oxygen atoms in total. The number of aryl methyl sites for hydroxylation is 1. The van der Waals surface area contributed by atoms with Gasteiger partial charge in [-0.1, -0.05) is 35.9 Å². The van der Waals surface area contributed by atoms with Crippen molar-refractivity contribution < 1.29 is 13.2 Å². The van der Waals surface area contributed by atoms with Gasteiger partial charge in [-0.2, -0.15) is 0 Å². The summed E-state index contributed by atoms with van der Waals surface area (Å²) in [5.41, 5.74) is 2.16. The topological polar surface area (TPSA) is 75.3 Å². The third kappa shape index (κ3) is 3.95. The molecule has 0 aliphatic heterocycles. The first-order chi connectivity index (χ1) is 11.3. The molecule has 2 aromatic carbocycles. The molecule has 2 aromatic rings. The zero-order valence-corrected chi connectivity index (χ0v) is 15.2. The molecule has 0 bridgehead atoms. The minimum Gasteiger partial charge on any atom is -0.345 e. The zero-order valence-electron chi connectivity index (χ0n) is 13.6. The van der Waals surface area contributed by atoms with E-state index in [1.54, 1.807) is 0 Å². The Kier molecular flexibility index (Phi) is 5.64. The van der Waals surface area contributed by atoms with E-state index < -0.39 is 15.9 Å². The molecule has 0 aliphatic carbocycles. The molecular weight excluding hydrogens is 348 g/mol. The Labute approximate surface area is 147 Å². The van der Waals surface area contributed by atoms with Gasteiger partial charge in [0.25, 0.3) is 5.91 Å². The SMILES string of the molecule is CNS(=O)(=O)c1ccc(Cl)c(C(=O)NC(C)c2ccccc2C)c1. The summed E-state index contributed by atoms with van der Waals surface area (Å²) in [4.78, 5) is 12.5. The lowest BCUT2D eigenvalue weighted by molar-refractivity contribution is 0.0939. The van der Waals surface area contributed by atoms with Crippen LogP contribution in [0, 0.1) is 6.92 Å². The van der Waals surface area contributed by atoms with Crippen LogP contribution in [0.4, 0.5) is 0 Å². The summed E-state index contributed by atoms with van der Waals surface area (Å²) in [6.07, 6.45) is 0. The number of halogens is 1. The number of carbonyl (C=O) groups is 1. The number of carbonyl (C=O) groups excluding carboxylic acids is 1. The second-order valence-electron chi connectivity index (χ2n) is 5.40. The maximum Gasteiger partial charge on any atom is 0.253 e. The smallest absolute Gasteiger partial charge is 0.253 e. The van der Waals surface area contributed by atoms with Gasteiger partial charge < -0.3 is 5.32 Å². The van der Waals surface area contributed by atoms with Gasteiger partial charge in [-0.15, -0.1) is 0 Å². The first-order valence-electron chi connectivity index (χ1n) is 7.35. The minimum absolute atomic E-state index is 0.0110. The van der Waals surface area contributed by atoms with Crippen LogP contribution >= 0.6 is 11.6 Å². The molecule has 7 heteroatoms. The van der Waals surface area contributed by atoms with Crippen molar-refractivity contribution in [2.75, 3.05) is 7.05 Å². The summed E-state index contributed by atoms with van der Waals surface area (Å²) < 4.78 is 26.0. The molecule has 0 radical (unpaired) electrons. The van der Waals surface area contributed by atoms with Crippen LogP contribution in [0.3, 0.4) is 0 Å². The number of hydrogen-bond acceptors (Lipinski definition) is 3. The quantitative estimate of drug-likeness (QED) is 0.854. The lowest BCUT2D eigenvalue weighted by atomic mass is 10.0. The van der Waals surface area contributed by atoms with Crippen molar-refractivity contribution in [3.63, 3.8) is 0 Å². The minimum atomic E-state index is -3.65. The normalized spacial score (nSPS) is 12.7. The molecule has 2 N–H and O–H groups in total. The summed E-state index contributed by atoms with van der Waals surface area (Å²) in [5, 5.41) is 3.05. The highest BCUT2D eigenvalue weighted by Crippen LogP contribution is 2.22. The molecule has 0 saturated heterocycles. The molecule has 0 heterocycles. The summed E-state index contributed by atoms with van der Waals surface area (Å²) in [7, 11) is -2.34. The Morgan fingerprint density at radius 3 is 2.46 bits per heavy atom. The summed E-state index contributed by atoms with van der Waals surface area (Å²) in [5.74, 6) is -0.427. The van der Waals surface area contributed by atoms with Crippen LogP contribution in [-0.2, 0) is 10.0 Å². The van der Waals surface area contributed by atoms with Crippen LogP contribution in [0.5, 0.6) is 0 Å². The van der Waals surface area contributed by atoms with E-state index in [4.69, 9.17) is 11.6 Å². The van der Waals surface area contributed by atoms with E-state index in [2.05, 4.69) is 10.0 Å². The number of nitrogens with one attached hydrogen (secondary N) is 2. The Morgan fingerprint density at radius 1 is 1.17 bits per heavy atom. The Balaban J connectivity index is 2.30. The van der Waals surface area contributed by atoms with Crippen LogP contribution in [0.1, 0.15) is 34.5 Å². The van der Waals surface area contributed by atoms with E-state index >= 15 is 0 Å². The van der Waals surface area contributed by atoms with Crippen LogP contribution in [0.2, 0.25) is 5.02 Å². The fourth-order valence-corrected chi connectivity index (χ4v) is 3.35. The summed E-state index contributed by atoms with van der Waals surface area (Å²) in [6.45, 7) is 3.83. The van der Waals surface area contributed by atoms with E-state index in [9.17, 15) is 13.2 Å². The molecule has 1 unspecified atom stereocenters. The van der Waals surface area contributed by atoms with Crippen LogP contribution in [0.25, 0.3) is 0 Å². The highest BCUT2D eigenvalue weighted by atomic mass is 35.5. The molecule has 1 atom stereocenters. The van der Waals surface area contributed by atoms with Gasteiger partial charge in [-0.3, -0.25) is 4.79 Å². The van der Waals surface area contributed by atoms with Crippen LogP contribution < -0.4 is 10.0 Å². The van der Waals surface area contributed by atoms with Crippen LogP contribution in [0.15, 0.2) is 47.4 Å². The maximum absolute atomic E-state index is 12.5. The number of hydrogen-bond donors (Lipinski definition) is 2. The fraction of sp³-hybridized carbons (Fsp3) is 0.235. The number of rotatable bonds is 5. The number of sulfonamides is 1. The van der Waals surface area contributed by atoms with E-state index in [1.807, 2.05) is 38.1 Å². The maximum atomic E-state index is 12.5. The molecule has 128 valence electrons. The third-order valence-electron chi connectivity index (χ3n) is 3.76. The molecule has 0 aromatic heterocycles. The first kappa shape index (κ1) is 18.4. The molecule has 2 rings (SSSR count). The van der Waals surface area contributed by atoms with Gasteiger partial charge in [0, 0.05) is 0 Å². The van der Waals surface area contributed by atoms with Gasteiger partial charge in [-0.25, -0.2) is 13.1 Å². The molecule has 0 aliphatic rings. The predicted molar refractivity (Wildman–Crippen MR) is 94.8 cm³/mol. The van der Waals surface area contributed by atoms with Gasteiger partial charge >= 0.3 is 0 Å². The number of benzene rings is 2. The third-order valence-corrected chi connectivity index (χ3v) is 5.51. The van der Waals surface area contributed by atoms with Gasteiger partial charge in [0.1, 0.15) is 0 Å². The highest BCUT2D eigenvalue weighted by molar-refractivity contribution is 7.89. The standard InChI is InChI=1S/C17H19ClN2O3S/c1-11-6-4-5-7-14(11)12(2)20-17(21)15-10-13(8-9-16(15)18)24(22,23)19-3/h4-10,12,19H,1-3H3,(H,20,21). The van der Waals surface area contributed by atoms with Crippen molar-refractivity contribution >= 4 is 27.5 Å². The van der Waals surface area contributed by atoms with Crippen molar-refractivity contribution in [1.82, 2.24) is 10.0 Å². The Morgan fingerprint density at radius 2 is 1.83 bits per heavy atom. The predicted octanol–water partition coefficient (Wildman–Crippen LogP) is 3.05. The van der Waals surface area contributed by atoms with Crippen molar-refractivity contribution in [3.05, 3.63) is 64.2 Å².